The lowest BCUT2D eigenvalue weighted by molar-refractivity contribution is 0.102. The number of nitrogens with zero attached hydrogens (tertiary/aromatic N) is 3. The minimum Gasteiger partial charge on any atom is -0.318 e. The molecular weight excluding hydrogens is 381 g/mol. The van der Waals surface area contributed by atoms with Crippen LogP contribution in [-0.4, -0.2) is 34.0 Å². The first kappa shape index (κ1) is 14.8. The molecule has 1 amide bonds. The predicted molar refractivity (Wildman–Crippen MR) is 84.0 cm³/mol. The van der Waals surface area contributed by atoms with Crippen LogP contribution < -0.4 is 10.6 Å². The van der Waals surface area contributed by atoms with Crippen LogP contribution >= 0.6 is 39.1 Å². The molecule has 3 rings (SSSR count). The maximum absolute atomic E-state index is 12.2. The summed E-state index contributed by atoms with van der Waals surface area (Å²) in [7, 11) is 0. The van der Waals surface area contributed by atoms with Crippen molar-refractivity contribution in [1.29, 1.82) is 0 Å². The number of aromatic nitrogens is 3. The van der Waals surface area contributed by atoms with E-state index in [2.05, 4.69) is 36.9 Å². The molecular formula is C12H10BrCl2N5O. The lowest BCUT2D eigenvalue weighted by Gasteiger charge is -2.26. The van der Waals surface area contributed by atoms with Gasteiger partial charge in [-0.25, -0.2) is 4.68 Å². The first-order valence-electron chi connectivity index (χ1n) is 6.13. The molecule has 0 aliphatic carbocycles. The smallest absolute Gasteiger partial charge is 0.277 e. The topological polar surface area (TPSA) is 71.8 Å². The number of anilines is 1. The highest BCUT2D eigenvalue weighted by Crippen LogP contribution is 2.34. The normalized spacial score (nSPS) is 14.8. The zero-order chi connectivity index (χ0) is 15.0. The summed E-state index contributed by atoms with van der Waals surface area (Å²) in [5.41, 5.74) is 0.573. The lowest BCUT2D eigenvalue weighted by atomic mass is 10.2. The molecule has 1 saturated heterocycles. The van der Waals surface area contributed by atoms with Crippen LogP contribution in [-0.2, 0) is 0 Å². The Hall–Kier alpha value is -1.15. The van der Waals surface area contributed by atoms with Gasteiger partial charge in [0.15, 0.2) is 5.69 Å². The van der Waals surface area contributed by atoms with Crippen LogP contribution in [0.3, 0.4) is 0 Å². The fourth-order valence-corrected chi connectivity index (χ4v) is 3.16. The first-order valence-corrected chi connectivity index (χ1v) is 7.68. The molecule has 2 heterocycles. The van der Waals surface area contributed by atoms with E-state index >= 15 is 0 Å². The van der Waals surface area contributed by atoms with E-state index in [0.717, 1.165) is 17.6 Å². The summed E-state index contributed by atoms with van der Waals surface area (Å²) < 4.78 is 2.41. The van der Waals surface area contributed by atoms with Gasteiger partial charge >= 0.3 is 0 Å². The Morgan fingerprint density at radius 2 is 2.05 bits per heavy atom. The zero-order valence-electron chi connectivity index (χ0n) is 10.6. The summed E-state index contributed by atoms with van der Waals surface area (Å²) in [5, 5.41) is 14.3. The fraction of sp³-hybridized carbons (Fsp3) is 0.250. The SMILES string of the molecule is O=C(Nc1c(Cl)cc(Br)cc1Cl)c1cn(C2CNC2)nn1. The maximum atomic E-state index is 12.2. The van der Waals surface area contributed by atoms with Gasteiger partial charge in [0.05, 0.1) is 28.0 Å². The standard InChI is InChI=1S/C12H10BrCl2N5O/c13-6-1-8(14)11(9(15)2-6)17-12(21)10-5-20(19-18-10)7-3-16-4-7/h1-2,5,7,16H,3-4H2,(H,17,21). The molecule has 1 aliphatic rings. The van der Waals surface area contributed by atoms with E-state index in [0.29, 0.717) is 15.7 Å². The second-order valence-electron chi connectivity index (χ2n) is 4.59. The van der Waals surface area contributed by atoms with Crippen LogP contribution in [0.25, 0.3) is 0 Å². The highest BCUT2D eigenvalue weighted by molar-refractivity contribution is 9.10. The molecule has 1 aromatic carbocycles. The van der Waals surface area contributed by atoms with Gasteiger partial charge in [-0.3, -0.25) is 4.79 Å². The molecule has 0 saturated carbocycles. The van der Waals surface area contributed by atoms with Crippen molar-refractivity contribution < 1.29 is 4.79 Å². The summed E-state index contributed by atoms with van der Waals surface area (Å²) >= 11 is 15.4. The Morgan fingerprint density at radius 1 is 1.38 bits per heavy atom. The van der Waals surface area contributed by atoms with Gasteiger partial charge in [0, 0.05) is 17.6 Å². The summed E-state index contributed by atoms with van der Waals surface area (Å²) in [6.45, 7) is 1.66. The predicted octanol–water partition coefficient (Wildman–Crippen LogP) is 2.74. The summed E-state index contributed by atoms with van der Waals surface area (Å²) in [6.07, 6.45) is 1.61. The average molecular weight is 391 g/mol. The van der Waals surface area contributed by atoms with Crippen LogP contribution in [0.2, 0.25) is 10.0 Å². The highest BCUT2D eigenvalue weighted by atomic mass is 79.9. The number of carbonyl (C=O) groups is 1. The lowest BCUT2D eigenvalue weighted by Crippen LogP contribution is -2.43. The highest BCUT2D eigenvalue weighted by Gasteiger charge is 2.22. The van der Waals surface area contributed by atoms with E-state index in [4.69, 9.17) is 23.2 Å². The van der Waals surface area contributed by atoms with Crippen LogP contribution in [0.15, 0.2) is 22.8 Å². The fourth-order valence-electron chi connectivity index (χ4n) is 1.86. The quantitative estimate of drug-likeness (QED) is 0.845. The number of halogens is 3. The van der Waals surface area contributed by atoms with E-state index in [1.165, 1.54) is 0 Å². The molecule has 0 unspecified atom stereocenters. The van der Waals surface area contributed by atoms with Crippen LogP contribution in [0.5, 0.6) is 0 Å². The third-order valence-corrected chi connectivity index (χ3v) is 4.18. The van der Waals surface area contributed by atoms with E-state index < -0.39 is 5.91 Å². The second-order valence-corrected chi connectivity index (χ2v) is 6.32. The minimum absolute atomic E-state index is 0.219. The summed E-state index contributed by atoms with van der Waals surface area (Å²) in [5.74, 6) is -0.403. The van der Waals surface area contributed by atoms with Crippen LogP contribution in [0.1, 0.15) is 16.5 Å². The molecule has 9 heteroatoms. The molecule has 1 aromatic heterocycles. The van der Waals surface area contributed by atoms with Gasteiger partial charge in [0.2, 0.25) is 0 Å². The summed E-state index contributed by atoms with van der Waals surface area (Å²) in [6, 6.07) is 3.55. The third kappa shape index (κ3) is 3.06. The van der Waals surface area contributed by atoms with Crippen LogP contribution in [0, 0.1) is 0 Å². The molecule has 2 aromatic rings. The molecule has 110 valence electrons. The van der Waals surface area contributed by atoms with Crippen molar-refractivity contribution in [3.05, 3.63) is 38.5 Å². The monoisotopic (exact) mass is 389 g/mol. The van der Waals surface area contributed by atoms with Gasteiger partial charge in [-0.05, 0) is 12.1 Å². The molecule has 0 atom stereocenters. The number of amides is 1. The van der Waals surface area contributed by atoms with Crippen molar-refractivity contribution >= 4 is 50.7 Å². The molecule has 1 fully saturated rings. The maximum Gasteiger partial charge on any atom is 0.277 e. The first-order chi connectivity index (χ1) is 10.0. The zero-order valence-corrected chi connectivity index (χ0v) is 13.7. The number of nitrogens with one attached hydrogen (secondary N) is 2. The summed E-state index contributed by atoms with van der Waals surface area (Å²) in [4.78, 5) is 12.2. The van der Waals surface area contributed by atoms with Gasteiger partial charge in [0.1, 0.15) is 0 Å². The molecule has 2 N–H and O–H groups in total. The van der Waals surface area contributed by atoms with E-state index in [1.807, 2.05) is 0 Å². The Morgan fingerprint density at radius 3 is 2.62 bits per heavy atom. The number of carbonyl (C=O) groups excluding carboxylic acids is 1. The van der Waals surface area contributed by atoms with Crippen molar-refractivity contribution in [2.75, 3.05) is 18.4 Å². The Labute approximate surface area is 138 Å². The van der Waals surface area contributed by atoms with Gasteiger partial charge < -0.3 is 10.6 Å². The van der Waals surface area contributed by atoms with E-state index in [-0.39, 0.29) is 11.7 Å². The largest absolute Gasteiger partial charge is 0.318 e. The molecule has 21 heavy (non-hydrogen) atoms. The van der Waals surface area contributed by atoms with Gasteiger partial charge in [-0.2, -0.15) is 0 Å². The average Bonchev–Trinajstić information content (AvgIpc) is 2.80. The number of rotatable bonds is 3. The van der Waals surface area contributed by atoms with Gasteiger partial charge in [-0.15, -0.1) is 5.10 Å². The van der Waals surface area contributed by atoms with E-state index in [9.17, 15) is 4.79 Å². The number of hydrogen-bond acceptors (Lipinski definition) is 4. The number of benzene rings is 1. The van der Waals surface area contributed by atoms with E-state index in [1.54, 1.807) is 23.0 Å². The molecule has 0 radical (unpaired) electrons. The van der Waals surface area contributed by atoms with Crippen LogP contribution in [0.4, 0.5) is 5.69 Å². The Bertz CT molecular complexity index is 678. The molecule has 1 aliphatic heterocycles. The van der Waals surface area contributed by atoms with Crippen molar-refractivity contribution in [3.63, 3.8) is 0 Å². The van der Waals surface area contributed by atoms with Gasteiger partial charge in [0.25, 0.3) is 5.91 Å². The third-order valence-electron chi connectivity index (χ3n) is 3.12. The second kappa shape index (κ2) is 5.92. The Balaban J connectivity index is 1.78. The van der Waals surface area contributed by atoms with Crippen molar-refractivity contribution in [2.45, 2.75) is 6.04 Å². The van der Waals surface area contributed by atoms with Crippen molar-refractivity contribution in [2.24, 2.45) is 0 Å². The molecule has 0 bridgehead atoms. The minimum atomic E-state index is -0.403. The Kier molecular flexibility index (Phi) is 4.17. The van der Waals surface area contributed by atoms with Gasteiger partial charge in [-0.1, -0.05) is 44.3 Å². The molecule has 0 spiro atoms. The number of hydrogen-bond donors (Lipinski definition) is 2. The van der Waals surface area contributed by atoms with Crippen molar-refractivity contribution in [1.82, 2.24) is 20.3 Å². The van der Waals surface area contributed by atoms with Crippen molar-refractivity contribution in [3.8, 4) is 0 Å². The molecule has 6 nitrogen and oxygen atoms in total.